The molecule has 1 N–H and O–H groups in total. The van der Waals surface area contributed by atoms with Gasteiger partial charge in [0, 0.05) is 6.20 Å². The highest BCUT2D eigenvalue weighted by Gasteiger charge is 2.31. The van der Waals surface area contributed by atoms with E-state index in [0.717, 1.165) is 21.5 Å². The van der Waals surface area contributed by atoms with Crippen LogP contribution >= 0.6 is 15.9 Å². The number of aromatic nitrogens is 2. The molecule has 2 aromatic heterocycles. The number of alkyl carbamates (subject to hydrolysis) is 1. The number of fused-ring (bicyclic) bond motifs is 1. The molecular formula is C16H22BrN3O2. The molecule has 0 saturated carbocycles. The highest BCUT2D eigenvalue weighted by atomic mass is 79.9. The number of amides is 1. The molecule has 0 aromatic carbocycles. The summed E-state index contributed by atoms with van der Waals surface area (Å²) >= 11 is 3.50. The molecule has 2 aromatic rings. The van der Waals surface area contributed by atoms with Crippen LogP contribution in [-0.2, 0) is 10.3 Å². The molecule has 5 nitrogen and oxygen atoms in total. The summed E-state index contributed by atoms with van der Waals surface area (Å²) in [7, 11) is 0. The minimum Gasteiger partial charge on any atom is -0.444 e. The molecule has 2 heterocycles. The Morgan fingerprint density at radius 3 is 2.55 bits per heavy atom. The molecule has 0 unspecified atom stereocenters. The van der Waals surface area contributed by atoms with Gasteiger partial charge in [-0.05, 0) is 69.1 Å². The predicted octanol–water partition coefficient (Wildman–Crippen LogP) is 4.17. The van der Waals surface area contributed by atoms with Gasteiger partial charge in [-0.3, -0.25) is 0 Å². The van der Waals surface area contributed by atoms with E-state index < -0.39 is 17.2 Å². The number of nitrogens with zero attached hydrogens (tertiary/aromatic N) is 2. The van der Waals surface area contributed by atoms with Gasteiger partial charge >= 0.3 is 6.09 Å². The second-order valence-electron chi connectivity index (χ2n) is 6.89. The lowest BCUT2D eigenvalue weighted by atomic mass is 10.1. The molecule has 0 saturated heterocycles. The van der Waals surface area contributed by atoms with Crippen LogP contribution in [0.4, 0.5) is 4.79 Å². The lowest BCUT2D eigenvalue weighted by Crippen LogP contribution is -2.44. The predicted molar refractivity (Wildman–Crippen MR) is 90.0 cm³/mol. The van der Waals surface area contributed by atoms with E-state index in [0.29, 0.717) is 0 Å². The van der Waals surface area contributed by atoms with Crippen molar-refractivity contribution in [2.45, 2.75) is 52.7 Å². The lowest BCUT2D eigenvalue weighted by molar-refractivity contribution is 0.0466. The van der Waals surface area contributed by atoms with Crippen molar-refractivity contribution in [2.24, 2.45) is 0 Å². The second-order valence-corrected chi connectivity index (χ2v) is 7.64. The summed E-state index contributed by atoms with van der Waals surface area (Å²) in [6, 6.07) is 3.99. The molecule has 0 aliphatic heterocycles. The number of carbonyl (C=O) groups excluding carboxylic acids is 1. The van der Waals surface area contributed by atoms with Crippen LogP contribution in [0, 0.1) is 6.92 Å². The Balaban J connectivity index is 2.38. The van der Waals surface area contributed by atoms with E-state index in [1.54, 1.807) is 0 Å². The minimum atomic E-state index is -0.676. The lowest BCUT2D eigenvalue weighted by Gasteiger charge is -2.27. The number of hydrogen-bond acceptors (Lipinski definition) is 3. The normalized spacial score (nSPS) is 12.5. The number of aryl methyl sites for hydroxylation is 1. The van der Waals surface area contributed by atoms with E-state index >= 15 is 0 Å². The molecule has 0 aliphatic carbocycles. The quantitative estimate of drug-likeness (QED) is 0.866. The average molecular weight is 368 g/mol. The van der Waals surface area contributed by atoms with Crippen molar-refractivity contribution >= 4 is 27.5 Å². The zero-order valence-electron chi connectivity index (χ0n) is 13.8. The van der Waals surface area contributed by atoms with Crippen LogP contribution in [0.1, 0.15) is 46.0 Å². The first-order valence-corrected chi connectivity index (χ1v) is 7.95. The smallest absolute Gasteiger partial charge is 0.408 e. The van der Waals surface area contributed by atoms with Crippen molar-refractivity contribution in [3.63, 3.8) is 0 Å². The maximum atomic E-state index is 12.1. The Morgan fingerprint density at radius 2 is 1.95 bits per heavy atom. The Bertz CT molecular complexity index is 714. The maximum Gasteiger partial charge on any atom is 0.408 e. The van der Waals surface area contributed by atoms with Crippen molar-refractivity contribution in [1.29, 1.82) is 0 Å². The number of imidazole rings is 1. The molecule has 22 heavy (non-hydrogen) atoms. The summed E-state index contributed by atoms with van der Waals surface area (Å²) in [5.74, 6) is 0.740. The number of nitrogens with one attached hydrogen (secondary N) is 1. The number of rotatable bonds is 2. The summed E-state index contributed by atoms with van der Waals surface area (Å²) in [6.07, 6.45) is 1.48. The zero-order valence-corrected chi connectivity index (χ0v) is 15.4. The molecule has 0 spiro atoms. The summed E-state index contributed by atoms with van der Waals surface area (Å²) in [5, 5.41) is 2.89. The van der Waals surface area contributed by atoms with Crippen LogP contribution < -0.4 is 5.32 Å². The van der Waals surface area contributed by atoms with Crippen LogP contribution in [0.2, 0.25) is 0 Å². The third kappa shape index (κ3) is 3.43. The van der Waals surface area contributed by atoms with E-state index in [1.165, 1.54) is 0 Å². The molecule has 0 radical (unpaired) electrons. The maximum absolute atomic E-state index is 12.1. The van der Waals surface area contributed by atoms with Gasteiger partial charge in [0.05, 0.1) is 11.1 Å². The fraction of sp³-hybridized carbons (Fsp3) is 0.500. The SMILES string of the molecule is Cc1cccn2c(C(C)(C)NC(=O)OC(C)(C)C)nc(Br)c12. The Kier molecular flexibility index (Phi) is 4.26. The van der Waals surface area contributed by atoms with E-state index in [-0.39, 0.29) is 0 Å². The van der Waals surface area contributed by atoms with E-state index in [2.05, 4.69) is 26.2 Å². The van der Waals surface area contributed by atoms with Crippen LogP contribution in [0.5, 0.6) is 0 Å². The van der Waals surface area contributed by atoms with Gasteiger partial charge in [-0.2, -0.15) is 0 Å². The Labute approximate surface area is 139 Å². The first-order chi connectivity index (χ1) is 10.0. The molecule has 2 rings (SSSR count). The molecule has 120 valence electrons. The number of halogens is 1. The number of carbonyl (C=O) groups is 1. The summed E-state index contributed by atoms with van der Waals surface area (Å²) in [6.45, 7) is 11.3. The third-order valence-electron chi connectivity index (χ3n) is 3.20. The second kappa shape index (κ2) is 5.57. The molecule has 0 fully saturated rings. The van der Waals surface area contributed by atoms with E-state index in [4.69, 9.17) is 4.74 Å². The first-order valence-electron chi connectivity index (χ1n) is 7.16. The Morgan fingerprint density at radius 1 is 1.32 bits per heavy atom. The topological polar surface area (TPSA) is 55.6 Å². The van der Waals surface area contributed by atoms with Crippen LogP contribution in [0.3, 0.4) is 0 Å². The van der Waals surface area contributed by atoms with E-state index in [1.807, 2.05) is 64.3 Å². The van der Waals surface area contributed by atoms with Gasteiger partial charge < -0.3 is 14.5 Å². The van der Waals surface area contributed by atoms with Crippen LogP contribution in [-0.4, -0.2) is 21.1 Å². The number of pyridine rings is 1. The highest BCUT2D eigenvalue weighted by Crippen LogP contribution is 2.28. The van der Waals surface area contributed by atoms with Gasteiger partial charge in [0.15, 0.2) is 0 Å². The van der Waals surface area contributed by atoms with Gasteiger partial charge in [-0.15, -0.1) is 0 Å². The summed E-state index contributed by atoms with van der Waals surface area (Å²) < 4.78 is 8.09. The largest absolute Gasteiger partial charge is 0.444 e. The fourth-order valence-corrected chi connectivity index (χ4v) is 2.98. The number of hydrogen-bond donors (Lipinski definition) is 1. The third-order valence-corrected chi connectivity index (χ3v) is 3.75. The summed E-state index contributed by atoms with van der Waals surface area (Å²) in [4.78, 5) is 16.7. The van der Waals surface area contributed by atoms with Crippen molar-refractivity contribution < 1.29 is 9.53 Å². The fourth-order valence-electron chi connectivity index (χ4n) is 2.31. The number of ether oxygens (including phenoxy) is 1. The molecular weight excluding hydrogens is 346 g/mol. The zero-order chi connectivity index (χ0) is 16.7. The van der Waals surface area contributed by atoms with Gasteiger partial charge in [-0.1, -0.05) is 6.07 Å². The standard InChI is InChI=1S/C16H22BrN3O2/c1-10-8-7-9-20-11(10)12(17)18-13(20)16(5,6)19-14(21)22-15(2,3)4/h7-9H,1-6H3,(H,19,21). The molecule has 6 heteroatoms. The molecule has 0 bridgehead atoms. The molecule has 0 aliphatic rings. The van der Waals surface area contributed by atoms with Crippen molar-refractivity contribution in [1.82, 2.24) is 14.7 Å². The Hall–Kier alpha value is -1.56. The molecule has 0 atom stereocenters. The van der Waals surface area contributed by atoms with Crippen LogP contribution in [0.15, 0.2) is 22.9 Å². The van der Waals surface area contributed by atoms with Gasteiger partial charge in [0.25, 0.3) is 0 Å². The van der Waals surface area contributed by atoms with Gasteiger partial charge in [-0.25, -0.2) is 9.78 Å². The average Bonchev–Trinajstić information content (AvgIpc) is 2.65. The highest BCUT2D eigenvalue weighted by molar-refractivity contribution is 9.10. The van der Waals surface area contributed by atoms with Gasteiger partial charge in [0.1, 0.15) is 16.0 Å². The summed E-state index contributed by atoms with van der Waals surface area (Å²) in [5.41, 5.74) is 0.898. The molecule has 1 amide bonds. The van der Waals surface area contributed by atoms with Crippen LogP contribution in [0.25, 0.3) is 5.52 Å². The van der Waals surface area contributed by atoms with Crippen molar-refractivity contribution in [3.05, 3.63) is 34.3 Å². The van der Waals surface area contributed by atoms with Crippen molar-refractivity contribution in [3.8, 4) is 0 Å². The van der Waals surface area contributed by atoms with Crippen molar-refractivity contribution in [2.75, 3.05) is 0 Å². The minimum absolute atomic E-state index is 0.460. The van der Waals surface area contributed by atoms with E-state index in [9.17, 15) is 4.79 Å². The first kappa shape index (κ1) is 16.8. The monoisotopic (exact) mass is 367 g/mol. The van der Waals surface area contributed by atoms with Gasteiger partial charge in [0.2, 0.25) is 0 Å².